The normalized spacial score (nSPS) is 16.5. The number of carbonyl (C=O) groups excluding carboxylic acids is 2. The van der Waals surface area contributed by atoms with Gasteiger partial charge in [0.25, 0.3) is 0 Å². The van der Waals surface area contributed by atoms with E-state index in [1.165, 1.54) is 12.3 Å². The van der Waals surface area contributed by atoms with Crippen LogP contribution in [-0.4, -0.2) is 41.0 Å². The summed E-state index contributed by atoms with van der Waals surface area (Å²) in [5.41, 5.74) is 4.83. The van der Waals surface area contributed by atoms with Crippen molar-refractivity contribution in [3.8, 4) is 0 Å². The zero-order chi connectivity index (χ0) is 23.1. The van der Waals surface area contributed by atoms with Crippen LogP contribution in [0.15, 0.2) is 60.8 Å². The van der Waals surface area contributed by atoms with Gasteiger partial charge in [-0.25, -0.2) is 0 Å². The summed E-state index contributed by atoms with van der Waals surface area (Å²) in [6.07, 6.45) is 5.05. The number of primary amides is 1. The number of benzene rings is 2. The van der Waals surface area contributed by atoms with Crippen molar-refractivity contribution in [2.45, 2.75) is 37.3 Å². The van der Waals surface area contributed by atoms with Crippen LogP contribution in [0.3, 0.4) is 0 Å². The molecular weight excluding hydrogens is 449 g/mol. The van der Waals surface area contributed by atoms with E-state index in [2.05, 4.69) is 5.32 Å². The van der Waals surface area contributed by atoms with Crippen LogP contribution in [0.25, 0.3) is 0 Å². The van der Waals surface area contributed by atoms with Gasteiger partial charge in [-0.15, -0.1) is 0 Å². The van der Waals surface area contributed by atoms with Gasteiger partial charge in [0, 0.05) is 41.8 Å². The fraction of sp³-hybridized carbons (Fsp3) is 0.333. The van der Waals surface area contributed by atoms with Crippen LogP contribution in [0, 0.1) is 0 Å². The van der Waals surface area contributed by atoms with E-state index < -0.39 is 17.6 Å². The SMILES string of the molecule is NC(=O)/C=C\NCCCC(=O)N1CCC[C@H]1C(O)(c1cccc(Cl)c1)c1cccc(Cl)c1. The number of rotatable bonds is 9. The minimum absolute atomic E-state index is 0.0318. The lowest BCUT2D eigenvalue weighted by Gasteiger charge is -2.40. The van der Waals surface area contributed by atoms with Crippen molar-refractivity contribution in [2.75, 3.05) is 13.1 Å². The largest absolute Gasteiger partial charge is 0.391 e. The lowest BCUT2D eigenvalue weighted by molar-refractivity contribution is -0.136. The number of nitrogens with two attached hydrogens (primary N) is 1. The Hall–Kier alpha value is -2.54. The molecule has 1 atom stereocenters. The fourth-order valence-corrected chi connectivity index (χ4v) is 4.59. The van der Waals surface area contributed by atoms with E-state index in [0.717, 1.165) is 6.42 Å². The molecule has 2 aromatic carbocycles. The van der Waals surface area contributed by atoms with Crippen LogP contribution in [0.5, 0.6) is 0 Å². The van der Waals surface area contributed by atoms with Gasteiger partial charge in [0.1, 0.15) is 5.60 Å². The summed E-state index contributed by atoms with van der Waals surface area (Å²) in [4.78, 5) is 25.6. The molecule has 0 aliphatic carbocycles. The predicted molar refractivity (Wildman–Crippen MR) is 126 cm³/mol. The van der Waals surface area contributed by atoms with Crippen LogP contribution in [0.1, 0.15) is 36.8 Å². The van der Waals surface area contributed by atoms with Gasteiger partial charge in [-0.1, -0.05) is 47.5 Å². The van der Waals surface area contributed by atoms with Crippen molar-refractivity contribution in [1.82, 2.24) is 10.2 Å². The van der Waals surface area contributed by atoms with Gasteiger partial charge in [0.15, 0.2) is 0 Å². The molecule has 0 spiro atoms. The van der Waals surface area contributed by atoms with Gasteiger partial charge in [-0.05, 0) is 54.7 Å². The molecule has 1 aliphatic heterocycles. The van der Waals surface area contributed by atoms with Gasteiger partial charge < -0.3 is 21.1 Å². The first-order chi connectivity index (χ1) is 15.3. The number of carbonyl (C=O) groups is 2. The third kappa shape index (κ3) is 5.63. The number of nitrogens with one attached hydrogen (secondary N) is 1. The molecule has 0 unspecified atom stereocenters. The summed E-state index contributed by atoms with van der Waals surface area (Å²) in [5, 5.41) is 16.1. The number of nitrogens with zero attached hydrogens (tertiary/aromatic N) is 1. The minimum Gasteiger partial charge on any atom is -0.391 e. The molecule has 3 rings (SSSR count). The van der Waals surface area contributed by atoms with E-state index in [4.69, 9.17) is 28.9 Å². The van der Waals surface area contributed by atoms with Crippen LogP contribution in [0.4, 0.5) is 0 Å². The quantitative estimate of drug-likeness (QED) is 0.381. The third-order valence-electron chi connectivity index (χ3n) is 5.66. The fourth-order valence-electron chi connectivity index (χ4n) is 4.21. The number of likely N-dealkylation sites (tertiary alicyclic amines) is 1. The van der Waals surface area contributed by atoms with E-state index in [1.807, 2.05) is 12.1 Å². The van der Waals surface area contributed by atoms with Crippen molar-refractivity contribution in [3.63, 3.8) is 0 Å². The molecule has 0 saturated carbocycles. The van der Waals surface area contributed by atoms with Gasteiger partial charge in [-0.3, -0.25) is 9.59 Å². The Balaban J connectivity index is 1.83. The molecule has 32 heavy (non-hydrogen) atoms. The Kier molecular flexibility index (Phi) is 8.18. The molecule has 0 bridgehead atoms. The van der Waals surface area contributed by atoms with Crippen molar-refractivity contribution in [3.05, 3.63) is 82.0 Å². The molecule has 8 heteroatoms. The number of amides is 2. The van der Waals surface area contributed by atoms with E-state index in [1.54, 1.807) is 41.3 Å². The first-order valence-electron chi connectivity index (χ1n) is 10.6. The molecule has 1 fully saturated rings. The van der Waals surface area contributed by atoms with E-state index in [0.29, 0.717) is 53.5 Å². The standard InChI is InChI=1S/C24H27Cl2N3O3/c25-19-7-1-5-17(15-19)24(32,18-6-2-8-20(26)16-18)21-9-4-14-29(21)23(31)10-3-12-28-13-11-22(27)30/h1-2,5-8,11,13,15-16,21,28,32H,3-4,9-10,12,14H2,(H2,27,30)/b13-11-/t21-/m0/s1. The van der Waals surface area contributed by atoms with E-state index in [9.17, 15) is 14.7 Å². The van der Waals surface area contributed by atoms with Crippen molar-refractivity contribution < 1.29 is 14.7 Å². The summed E-state index contributed by atoms with van der Waals surface area (Å²) in [6, 6.07) is 13.7. The molecule has 1 heterocycles. The Morgan fingerprint density at radius 3 is 2.34 bits per heavy atom. The minimum atomic E-state index is -1.45. The highest BCUT2D eigenvalue weighted by molar-refractivity contribution is 6.31. The second-order valence-electron chi connectivity index (χ2n) is 7.83. The van der Waals surface area contributed by atoms with Gasteiger partial charge in [-0.2, -0.15) is 0 Å². The monoisotopic (exact) mass is 475 g/mol. The third-order valence-corrected chi connectivity index (χ3v) is 6.13. The Morgan fingerprint density at radius 1 is 1.16 bits per heavy atom. The summed E-state index contributed by atoms with van der Waals surface area (Å²) < 4.78 is 0. The van der Waals surface area contributed by atoms with Crippen LogP contribution >= 0.6 is 23.2 Å². The van der Waals surface area contributed by atoms with Crippen LogP contribution in [-0.2, 0) is 15.2 Å². The highest BCUT2D eigenvalue weighted by atomic mass is 35.5. The molecule has 2 amide bonds. The Morgan fingerprint density at radius 2 is 1.78 bits per heavy atom. The molecule has 4 N–H and O–H groups in total. The van der Waals surface area contributed by atoms with Crippen LogP contribution in [0.2, 0.25) is 10.0 Å². The number of hydrogen-bond donors (Lipinski definition) is 3. The van der Waals surface area contributed by atoms with Gasteiger partial charge >= 0.3 is 0 Å². The highest BCUT2D eigenvalue weighted by Gasteiger charge is 2.47. The van der Waals surface area contributed by atoms with E-state index >= 15 is 0 Å². The molecule has 0 radical (unpaired) electrons. The van der Waals surface area contributed by atoms with Crippen LogP contribution < -0.4 is 11.1 Å². The molecular formula is C24H27Cl2N3O3. The maximum Gasteiger partial charge on any atom is 0.242 e. The van der Waals surface area contributed by atoms with Gasteiger partial charge in [0.2, 0.25) is 11.8 Å². The smallest absolute Gasteiger partial charge is 0.242 e. The maximum absolute atomic E-state index is 13.1. The Bertz CT molecular complexity index is 950. The first kappa shape index (κ1) is 24.1. The van der Waals surface area contributed by atoms with Gasteiger partial charge in [0.05, 0.1) is 6.04 Å². The van der Waals surface area contributed by atoms with E-state index in [-0.39, 0.29) is 5.91 Å². The lowest BCUT2D eigenvalue weighted by Crippen LogP contribution is -2.50. The average molecular weight is 476 g/mol. The second-order valence-corrected chi connectivity index (χ2v) is 8.70. The number of hydrogen-bond acceptors (Lipinski definition) is 4. The zero-order valence-corrected chi connectivity index (χ0v) is 19.1. The molecule has 0 aromatic heterocycles. The topological polar surface area (TPSA) is 95.7 Å². The summed E-state index contributed by atoms with van der Waals surface area (Å²) in [7, 11) is 0. The zero-order valence-electron chi connectivity index (χ0n) is 17.6. The molecule has 170 valence electrons. The Labute approximate surface area is 198 Å². The molecule has 6 nitrogen and oxygen atoms in total. The molecule has 1 saturated heterocycles. The second kappa shape index (κ2) is 10.9. The highest BCUT2D eigenvalue weighted by Crippen LogP contribution is 2.41. The predicted octanol–water partition coefficient (Wildman–Crippen LogP) is 3.59. The van der Waals surface area contributed by atoms with Crippen molar-refractivity contribution in [1.29, 1.82) is 0 Å². The first-order valence-corrected chi connectivity index (χ1v) is 11.3. The summed E-state index contributed by atoms with van der Waals surface area (Å²) in [6.45, 7) is 1.10. The number of halogens is 2. The van der Waals surface area contributed by atoms with Crippen molar-refractivity contribution in [2.24, 2.45) is 5.73 Å². The maximum atomic E-state index is 13.1. The summed E-state index contributed by atoms with van der Waals surface area (Å²) in [5.74, 6) is -0.564. The number of aliphatic hydroxyl groups is 1. The average Bonchev–Trinajstić information content (AvgIpc) is 3.26. The lowest BCUT2D eigenvalue weighted by atomic mass is 9.79. The molecule has 1 aliphatic rings. The summed E-state index contributed by atoms with van der Waals surface area (Å²) >= 11 is 12.5. The molecule has 2 aromatic rings. The van der Waals surface area contributed by atoms with Crippen molar-refractivity contribution >= 4 is 35.0 Å².